The van der Waals surface area contributed by atoms with Crippen LogP contribution in [0.25, 0.3) is 0 Å². The van der Waals surface area contributed by atoms with Crippen LogP contribution in [0.5, 0.6) is 0 Å². The summed E-state index contributed by atoms with van der Waals surface area (Å²) >= 11 is 0. The van der Waals surface area contributed by atoms with Crippen molar-refractivity contribution in [3.63, 3.8) is 0 Å². The molecule has 2 heterocycles. The van der Waals surface area contributed by atoms with Crippen LogP contribution in [0.2, 0.25) is 0 Å². The monoisotopic (exact) mass is 366 g/mol. The van der Waals surface area contributed by atoms with Gasteiger partial charge in [-0.1, -0.05) is 18.2 Å². The van der Waals surface area contributed by atoms with Crippen molar-refractivity contribution in [3.8, 4) is 0 Å². The Hall–Kier alpha value is -2.76. The van der Waals surface area contributed by atoms with E-state index in [2.05, 4.69) is 15.3 Å². The number of hydrogen-bond donors (Lipinski definition) is 1. The van der Waals surface area contributed by atoms with Crippen LogP contribution in [0, 0.1) is 20.8 Å². The molecule has 0 radical (unpaired) electrons. The molecule has 1 fully saturated rings. The summed E-state index contributed by atoms with van der Waals surface area (Å²) in [5.74, 6) is 0.500. The number of piperidine rings is 1. The normalized spacial score (nSPS) is 16.9. The number of rotatable bonds is 4. The van der Waals surface area contributed by atoms with Crippen LogP contribution in [0.3, 0.4) is 0 Å². The van der Waals surface area contributed by atoms with Gasteiger partial charge in [0.05, 0.1) is 12.2 Å². The Balaban J connectivity index is 1.71. The lowest BCUT2D eigenvalue weighted by Crippen LogP contribution is -2.52. The Morgan fingerprint density at radius 2 is 1.93 bits per heavy atom. The fourth-order valence-electron chi connectivity index (χ4n) is 3.59. The molecule has 27 heavy (non-hydrogen) atoms. The minimum absolute atomic E-state index is 0.0679. The van der Waals surface area contributed by atoms with Gasteiger partial charge in [-0.2, -0.15) is 0 Å². The van der Waals surface area contributed by atoms with Crippen molar-refractivity contribution in [2.75, 3.05) is 6.54 Å². The first-order valence-corrected chi connectivity index (χ1v) is 9.41. The van der Waals surface area contributed by atoms with Gasteiger partial charge in [0.1, 0.15) is 11.9 Å². The number of amides is 2. The number of nitrogens with one attached hydrogen (secondary N) is 1. The largest absolute Gasteiger partial charge is 0.349 e. The van der Waals surface area contributed by atoms with Crippen LogP contribution in [0.1, 0.15) is 52.4 Å². The summed E-state index contributed by atoms with van der Waals surface area (Å²) in [4.78, 5) is 36.2. The van der Waals surface area contributed by atoms with Gasteiger partial charge in [0, 0.05) is 17.8 Å². The lowest BCUT2D eigenvalue weighted by Gasteiger charge is -2.35. The second-order valence-corrected chi connectivity index (χ2v) is 7.09. The summed E-state index contributed by atoms with van der Waals surface area (Å²) in [6, 6.07) is 8.95. The van der Waals surface area contributed by atoms with Gasteiger partial charge in [0.25, 0.3) is 5.91 Å². The molecule has 6 nitrogen and oxygen atoms in total. The van der Waals surface area contributed by atoms with E-state index >= 15 is 0 Å². The van der Waals surface area contributed by atoms with Gasteiger partial charge < -0.3 is 10.2 Å². The fraction of sp³-hybridized carbons (Fsp3) is 0.429. The predicted molar refractivity (Wildman–Crippen MR) is 103 cm³/mol. The molecule has 1 saturated heterocycles. The minimum atomic E-state index is -0.435. The molecule has 1 aromatic heterocycles. The molecule has 6 heteroatoms. The van der Waals surface area contributed by atoms with Gasteiger partial charge in [-0.15, -0.1) is 0 Å². The first kappa shape index (κ1) is 19.0. The first-order chi connectivity index (χ1) is 13.0. The topological polar surface area (TPSA) is 75.2 Å². The SMILES string of the molecule is Cc1cc(CNC(=O)C2CCCCN2C(=O)c2ccccc2C)nc(C)n1. The molecule has 1 aliphatic heterocycles. The number of hydrogen-bond acceptors (Lipinski definition) is 4. The number of carbonyl (C=O) groups excluding carboxylic acids is 2. The van der Waals surface area contributed by atoms with Gasteiger partial charge in [-0.3, -0.25) is 9.59 Å². The molecule has 2 aromatic rings. The Labute approximate surface area is 160 Å². The molecule has 1 aliphatic rings. The zero-order valence-electron chi connectivity index (χ0n) is 16.2. The zero-order valence-corrected chi connectivity index (χ0v) is 16.2. The second-order valence-electron chi connectivity index (χ2n) is 7.09. The highest BCUT2D eigenvalue weighted by Gasteiger charge is 2.32. The molecule has 1 N–H and O–H groups in total. The molecule has 2 amide bonds. The molecular formula is C21H26N4O2. The number of nitrogens with zero attached hydrogens (tertiary/aromatic N) is 3. The van der Waals surface area contributed by atoms with Crippen molar-refractivity contribution < 1.29 is 9.59 Å². The Morgan fingerprint density at radius 3 is 2.67 bits per heavy atom. The molecule has 1 unspecified atom stereocenters. The molecular weight excluding hydrogens is 340 g/mol. The van der Waals surface area contributed by atoms with E-state index in [1.165, 1.54) is 0 Å². The summed E-state index contributed by atoms with van der Waals surface area (Å²) in [5, 5.41) is 2.95. The van der Waals surface area contributed by atoms with E-state index in [1.807, 2.05) is 51.1 Å². The number of aromatic nitrogens is 2. The van der Waals surface area contributed by atoms with E-state index in [9.17, 15) is 9.59 Å². The van der Waals surface area contributed by atoms with Gasteiger partial charge in [0.15, 0.2) is 0 Å². The molecule has 0 aliphatic carbocycles. The quantitative estimate of drug-likeness (QED) is 0.903. The van der Waals surface area contributed by atoms with Crippen LogP contribution in [-0.2, 0) is 11.3 Å². The lowest BCUT2D eigenvalue weighted by molar-refractivity contribution is -0.126. The number of aryl methyl sites for hydroxylation is 3. The zero-order chi connectivity index (χ0) is 19.4. The molecule has 0 spiro atoms. The second kappa shape index (κ2) is 8.29. The van der Waals surface area contributed by atoms with Crippen molar-refractivity contribution >= 4 is 11.8 Å². The molecule has 142 valence electrons. The Morgan fingerprint density at radius 1 is 1.15 bits per heavy atom. The van der Waals surface area contributed by atoms with Gasteiger partial charge in [-0.05, 0) is 57.7 Å². The molecule has 0 saturated carbocycles. The number of likely N-dealkylation sites (tertiary alicyclic amines) is 1. The highest BCUT2D eigenvalue weighted by atomic mass is 16.2. The standard InChI is InChI=1S/C21H26N4O2/c1-14-8-4-5-9-18(14)21(27)25-11-7-6-10-19(25)20(26)22-13-17-12-15(2)23-16(3)24-17/h4-5,8-9,12,19H,6-7,10-11,13H2,1-3H3,(H,22,26). The molecule has 0 bridgehead atoms. The highest BCUT2D eigenvalue weighted by Crippen LogP contribution is 2.21. The fourth-order valence-corrected chi connectivity index (χ4v) is 3.59. The van der Waals surface area contributed by atoms with E-state index < -0.39 is 6.04 Å². The maximum absolute atomic E-state index is 13.0. The van der Waals surface area contributed by atoms with E-state index in [4.69, 9.17) is 0 Å². The van der Waals surface area contributed by atoms with Crippen molar-refractivity contribution in [2.24, 2.45) is 0 Å². The smallest absolute Gasteiger partial charge is 0.254 e. The highest BCUT2D eigenvalue weighted by molar-refractivity contribution is 5.98. The third-order valence-electron chi connectivity index (χ3n) is 4.90. The Kier molecular flexibility index (Phi) is 5.84. The van der Waals surface area contributed by atoms with Crippen LogP contribution in [-0.4, -0.2) is 39.3 Å². The van der Waals surface area contributed by atoms with Gasteiger partial charge in [-0.25, -0.2) is 9.97 Å². The third kappa shape index (κ3) is 4.51. The molecule has 1 aromatic carbocycles. The predicted octanol–water partition coefficient (Wildman–Crippen LogP) is 2.71. The summed E-state index contributed by atoms with van der Waals surface area (Å²) in [7, 11) is 0. The van der Waals surface area contributed by atoms with Crippen LogP contribution >= 0.6 is 0 Å². The van der Waals surface area contributed by atoms with E-state index in [-0.39, 0.29) is 11.8 Å². The van der Waals surface area contributed by atoms with Crippen molar-refractivity contribution in [1.29, 1.82) is 0 Å². The first-order valence-electron chi connectivity index (χ1n) is 9.41. The average molecular weight is 366 g/mol. The number of benzene rings is 1. The maximum atomic E-state index is 13.0. The van der Waals surface area contributed by atoms with E-state index in [0.717, 1.165) is 29.8 Å². The lowest BCUT2D eigenvalue weighted by atomic mass is 9.98. The Bertz CT molecular complexity index is 830. The minimum Gasteiger partial charge on any atom is -0.349 e. The van der Waals surface area contributed by atoms with Crippen molar-refractivity contribution in [1.82, 2.24) is 20.2 Å². The van der Waals surface area contributed by atoms with Crippen LogP contribution < -0.4 is 5.32 Å². The van der Waals surface area contributed by atoms with Crippen molar-refractivity contribution in [3.05, 3.63) is 58.7 Å². The molecule has 1 atom stereocenters. The van der Waals surface area contributed by atoms with Gasteiger partial charge >= 0.3 is 0 Å². The average Bonchev–Trinajstić information content (AvgIpc) is 2.65. The van der Waals surface area contributed by atoms with Crippen molar-refractivity contribution in [2.45, 2.75) is 52.6 Å². The van der Waals surface area contributed by atoms with E-state index in [0.29, 0.717) is 30.9 Å². The molecule has 3 rings (SSSR count). The van der Waals surface area contributed by atoms with Gasteiger partial charge in [0.2, 0.25) is 5.91 Å². The summed E-state index contributed by atoms with van der Waals surface area (Å²) in [6.45, 7) is 6.61. The van der Waals surface area contributed by atoms with E-state index in [1.54, 1.807) is 4.90 Å². The summed E-state index contributed by atoms with van der Waals surface area (Å²) in [6.07, 6.45) is 2.55. The summed E-state index contributed by atoms with van der Waals surface area (Å²) < 4.78 is 0. The maximum Gasteiger partial charge on any atom is 0.254 e. The van der Waals surface area contributed by atoms with Crippen LogP contribution in [0.4, 0.5) is 0 Å². The third-order valence-corrected chi connectivity index (χ3v) is 4.90. The number of carbonyl (C=O) groups is 2. The summed E-state index contributed by atoms with van der Waals surface area (Å²) in [5.41, 5.74) is 3.25. The van der Waals surface area contributed by atoms with Crippen LogP contribution in [0.15, 0.2) is 30.3 Å².